The fraction of sp³-hybridized carbons (Fsp3) is 0.0909. The van der Waals surface area contributed by atoms with E-state index in [1.807, 2.05) is 36.4 Å². The maximum atomic E-state index is 5.93. The summed E-state index contributed by atoms with van der Waals surface area (Å²) in [6, 6.07) is 24.5. The van der Waals surface area contributed by atoms with Crippen molar-refractivity contribution < 1.29 is 9.47 Å². The van der Waals surface area contributed by atoms with Crippen LogP contribution in [-0.2, 0) is 13.2 Å². The lowest BCUT2D eigenvalue weighted by Gasteiger charge is -2.13. The van der Waals surface area contributed by atoms with Gasteiger partial charge in [0.1, 0.15) is 24.7 Å². The lowest BCUT2D eigenvalue weighted by molar-refractivity contribution is 0.285. The Morgan fingerprint density at radius 1 is 0.500 bits per heavy atom. The molecule has 0 saturated carbocycles. The molecule has 0 radical (unpaired) electrons. The van der Waals surface area contributed by atoms with Crippen molar-refractivity contribution in [3.05, 3.63) is 95.1 Å². The first-order valence-corrected chi connectivity index (χ1v) is 8.07. The highest BCUT2D eigenvalue weighted by molar-refractivity contribution is 5.70. The van der Waals surface area contributed by atoms with Gasteiger partial charge in [-0.3, -0.25) is 0 Å². The first-order chi connectivity index (χ1) is 11.9. The molecule has 0 aromatic heterocycles. The topological polar surface area (TPSA) is 18.5 Å². The van der Waals surface area contributed by atoms with Gasteiger partial charge < -0.3 is 9.47 Å². The average molecular weight is 314 g/mol. The molecule has 0 spiro atoms. The molecule has 4 aliphatic rings. The van der Waals surface area contributed by atoms with Crippen LogP contribution in [0.15, 0.2) is 72.8 Å². The third kappa shape index (κ3) is 3.33. The summed E-state index contributed by atoms with van der Waals surface area (Å²) in [4.78, 5) is 0. The lowest BCUT2D eigenvalue weighted by Crippen LogP contribution is -2.03. The van der Waals surface area contributed by atoms with Gasteiger partial charge in [0.15, 0.2) is 0 Å². The van der Waals surface area contributed by atoms with E-state index in [9.17, 15) is 0 Å². The first-order valence-electron chi connectivity index (χ1n) is 8.07. The van der Waals surface area contributed by atoms with Crippen molar-refractivity contribution >= 4 is 12.2 Å². The van der Waals surface area contributed by atoms with Gasteiger partial charge in [0.2, 0.25) is 0 Å². The van der Waals surface area contributed by atoms with Crippen LogP contribution < -0.4 is 9.47 Å². The van der Waals surface area contributed by atoms with Crippen molar-refractivity contribution in [3.63, 3.8) is 0 Å². The molecule has 4 aliphatic heterocycles. The van der Waals surface area contributed by atoms with Crippen LogP contribution in [0.5, 0.6) is 11.5 Å². The van der Waals surface area contributed by atoms with Crippen LogP contribution in [0.4, 0.5) is 0 Å². The average Bonchev–Trinajstić information content (AvgIpc) is 2.64. The van der Waals surface area contributed by atoms with Gasteiger partial charge in [-0.15, -0.1) is 0 Å². The monoisotopic (exact) mass is 314 g/mol. The minimum absolute atomic E-state index is 0.535. The van der Waals surface area contributed by atoms with Crippen LogP contribution in [0.25, 0.3) is 12.2 Å². The van der Waals surface area contributed by atoms with E-state index >= 15 is 0 Å². The van der Waals surface area contributed by atoms with Crippen LogP contribution in [0.3, 0.4) is 0 Å². The number of hydrogen-bond donors (Lipinski definition) is 0. The molecule has 4 heterocycles. The van der Waals surface area contributed by atoms with Crippen molar-refractivity contribution in [2.45, 2.75) is 13.2 Å². The summed E-state index contributed by atoms with van der Waals surface area (Å²) < 4.78 is 11.9. The Labute approximate surface area is 142 Å². The zero-order valence-electron chi connectivity index (χ0n) is 13.3. The number of ether oxygens (including phenoxy) is 2. The SMILES string of the molecule is C1=C\c2ccc(cc2)OCc2ccccc2COc2ccc/1cc2. The van der Waals surface area contributed by atoms with Crippen molar-refractivity contribution in [2.75, 3.05) is 0 Å². The Kier molecular flexibility index (Phi) is 4.03. The van der Waals surface area contributed by atoms with E-state index in [1.165, 1.54) is 0 Å². The Morgan fingerprint density at radius 3 is 1.33 bits per heavy atom. The van der Waals surface area contributed by atoms with E-state index in [4.69, 9.17) is 9.47 Å². The van der Waals surface area contributed by atoms with Crippen molar-refractivity contribution in [3.8, 4) is 11.5 Å². The van der Waals surface area contributed by atoms with E-state index < -0.39 is 0 Å². The van der Waals surface area contributed by atoms with Crippen LogP contribution in [-0.4, -0.2) is 0 Å². The third-order valence-electron chi connectivity index (χ3n) is 4.14. The Hall–Kier alpha value is -3.00. The summed E-state index contributed by atoms with van der Waals surface area (Å²) in [5.74, 6) is 1.75. The molecule has 3 aromatic rings. The first kappa shape index (κ1) is 14.6. The van der Waals surface area contributed by atoms with Crippen molar-refractivity contribution in [2.24, 2.45) is 0 Å². The predicted octanol–water partition coefficient (Wildman–Crippen LogP) is 5.33. The van der Waals surface area contributed by atoms with Crippen molar-refractivity contribution in [1.82, 2.24) is 0 Å². The molecular formula is C22H18O2. The summed E-state index contributed by atoms with van der Waals surface area (Å²) in [5, 5.41) is 0. The summed E-state index contributed by atoms with van der Waals surface area (Å²) >= 11 is 0. The number of hydrogen-bond acceptors (Lipinski definition) is 2. The van der Waals surface area contributed by atoms with Gasteiger partial charge in [-0.25, -0.2) is 0 Å². The van der Waals surface area contributed by atoms with Crippen LogP contribution in [0.1, 0.15) is 22.3 Å². The van der Waals surface area contributed by atoms with Gasteiger partial charge in [0, 0.05) is 0 Å². The summed E-state index contributed by atoms with van der Waals surface area (Å²) in [7, 11) is 0. The maximum absolute atomic E-state index is 5.93. The van der Waals surface area contributed by atoms with Crippen molar-refractivity contribution in [1.29, 1.82) is 0 Å². The molecule has 118 valence electrons. The minimum Gasteiger partial charge on any atom is -0.489 e. The molecule has 0 saturated heterocycles. The normalized spacial score (nSPS) is 14.5. The third-order valence-corrected chi connectivity index (χ3v) is 4.14. The fourth-order valence-corrected chi connectivity index (χ4v) is 2.70. The predicted molar refractivity (Wildman–Crippen MR) is 96.9 cm³/mol. The van der Waals surface area contributed by atoms with Gasteiger partial charge in [-0.1, -0.05) is 60.7 Å². The standard InChI is InChI=1S/C22H18O2/c1-2-4-20-16-24-22-13-9-18(10-14-22)6-5-17-7-11-21(12-8-17)23-15-19(20)3-1/h1-14H,15-16H2/b6-5-. The molecule has 4 bridgehead atoms. The van der Waals surface area contributed by atoms with E-state index in [0.717, 1.165) is 33.8 Å². The second kappa shape index (κ2) is 6.63. The maximum Gasteiger partial charge on any atom is 0.119 e. The number of rotatable bonds is 0. The molecule has 2 nitrogen and oxygen atoms in total. The molecule has 3 aromatic carbocycles. The van der Waals surface area contributed by atoms with Gasteiger partial charge in [-0.2, -0.15) is 0 Å². The zero-order chi connectivity index (χ0) is 16.2. The molecular weight excluding hydrogens is 296 g/mol. The van der Waals surface area contributed by atoms with Gasteiger partial charge in [0.05, 0.1) is 0 Å². The lowest BCUT2D eigenvalue weighted by atomic mass is 10.1. The molecule has 7 rings (SSSR count). The molecule has 24 heavy (non-hydrogen) atoms. The van der Waals surface area contributed by atoms with Crippen LogP contribution in [0, 0.1) is 0 Å². The van der Waals surface area contributed by atoms with E-state index in [1.54, 1.807) is 0 Å². The Balaban J connectivity index is 1.72. The number of benzene rings is 3. The van der Waals surface area contributed by atoms with Gasteiger partial charge >= 0.3 is 0 Å². The van der Waals surface area contributed by atoms with Gasteiger partial charge in [0.25, 0.3) is 0 Å². The van der Waals surface area contributed by atoms with E-state index in [0.29, 0.717) is 13.2 Å². The van der Waals surface area contributed by atoms with E-state index in [-0.39, 0.29) is 0 Å². The molecule has 0 unspecified atom stereocenters. The zero-order valence-corrected chi connectivity index (χ0v) is 13.3. The highest BCUT2D eigenvalue weighted by atomic mass is 16.5. The van der Waals surface area contributed by atoms with E-state index in [2.05, 4.69) is 48.6 Å². The largest absolute Gasteiger partial charge is 0.489 e. The molecule has 0 atom stereocenters. The smallest absolute Gasteiger partial charge is 0.119 e. The second-order valence-electron chi connectivity index (χ2n) is 5.82. The summed E-state index contributed by atoms with van der Waals surface area (Å²) in [6.45, 7) is 1.07. The summed E-state index contributed by atoms with van der Waals surface area (Å²) in [5.41, 5.74) is 4.58. The molecule has 0 aliphatic carbocycles. The second-order valence-corrected chi connectivity index (χ2v) is 5.82. The molecule has 2 heteroatoms. The quantitative estimate of drug-likeness (QED) is 0.558. The molecule has 0 amide bonds. The van der Waals surface area contributed by atoms with Gasteiger partial charge in [-0.05, 0) is 46.5 Å². The van der Waals surface area contributed by atoms with Crippen LogP contribution in [0.2, 0.25) is 0 Å². The molecule has 0 fully saturated rings. The molecule has 0 N–H and O–H groups in total. The summed E-state index contributed by atoms with van der Waals surface area (Å²) in [6.07, 6.45) is 4.20. The Bertz CT molecular complexity index is 773. The fourth-order valence-electron chi connectivity index (χ4n) is 2.70. The minimum atomic E-state index is 0.535. The highest BCUT2D eigenvalue weighted by Gasteiger charge is 2.05. The Morgan fingerprint density at radius 2 is 0.917 bits per heavy atom. The highest BCUT2D eigenvalue weighted by Crippen LogP contribution is 2.21. The van der Waals surface area contributed by atoms with Crippen LogP contribution >= 0.6 is 0 Å².